The average Bonchev–Trinajstić information content (AvgIpc) is 2.54. The van der Waals surface area contributed by atoms with E-state index in [1.807, 2.05) is 32.0 Å². The maximum Gasteiger partial charge on any atom is 0.218 e. The fourth-order valence-corrected chi connectivity index (χ4v) is 6.16. The molecule has 1 amide bonds. The fourth-order valence-electron chi connectivity index (χ4n) is 6.16. The summed E-state index contributed by atoms with van der Waals surface area (Å²) in [6.45, 7) is 4.04. The van der Waals surface area contributed by atoms with E-state index in [0.717, 1.165) is 42.6 Å². The Morgan fingerprint density at radius 2 is 1.62 bits per heavy atom. The molecule has 4 aliphatic carbocycles. The van der Waals surface area contributed by atoms with E-state index in [0.29, 0.717) is 0 Å². The number of rotatable bonds is 4. The first-order chi connectivity index (χ1) is 11.4. The van der Waals surface area contributed by atoms with Gasteiger partial charge in [-0.25, -0.2) is 0 Å². The van der Waals surface area contributed by atoms with Crippen LogP contribution < -0.4 is 5.32 Å². The summed E-state index contributed by atoms with van der Waals surface area (Å²) in [7, 11) is 6.77. The number of amides is 1. The molecule has 2 radical (unpaired) electrons. The molecule has 4 bridgehead atoms. The Kier molecular flexibility index (Phi) is 3.82. The Morgan fingerprint density at radius 1 is 1.12 bits per heavy atom. The Hall–Kier alpha value is -1.25. The van der Waals surface area contributed by atoms with Crippen molar-refractivity contribution in [3.05, 3.63) is 35.9 Å². The fraction of sp³-hybridized carbons (Fsp3) is 0.667. The number of nitrogens with one attached hydrogen (secondary N) is 1. The molecular formula is C21H28BNO. The highest BCUT2D eigenvalue weighted by Gasteiger charge is 2.58. The second-order valence-corrected chi connectivity index (χ2v) is 9.01. The number of hydrogen-bond acceptors (Lipinski definition) is 1. The third-order valence-corrected chi connectivity index (χ3v) is 7.26. The molecule has 126 valence electrons. The first kappa shape index (κ1) is 16.2. The molecule has 24 heavy (non-hydrogen) atoms. The lowest BCUT2D eigenvalue weighted by atomic mass is 9.38. The topological polar surface area (TPSA) is 29.1 Å². The molecule has 0 aliphatic heterocycles. The van der Waals surface area contributed by atoms with Gasteiger partial charge in [-0.3, -0.25) is 4.79 Å². The van der Waals surface area contributed by atoms with E-state index < -0.39 is 5.31 Å². The van der Waals surface area contributed by atoms with Crippen molar-refractivity contribution in [2.45, 2.75) is 63.7 Å². The van der Waals surface area contributed by atoms with Crippen LogP contribution in [0.25, 0.3) is 0 Å². The van der Waals surface area contributed by atoms with Crippen molar-refractivity contribution < 1.29 is 4.79 Å². The van der Waals surface area contributed by atoms with Gasteiger partial charge in [0.15, 0.2) is 0 Å². The highest BCUT2D eigenvalue weighted by Crippen LogP contribution is 2.67. The average molecular weight is 321 g/mol. The zero-order valence-corrected chi connectivity index (χ0v) is 14.9. The highest BCUT2D eigenvalue weighted by atomic mass is 16.2. The summed E-state index contributed by atoms with van der Waals surface area (Å²) >= 11 is 0. The molecule has 1 unspecified atom stereocenters. The van der Waals surface area contributed by atoms with E-state index in [4.69, 9.17) is 7.85 Å². The zero-order valence-electron chi connectivity index (χ0n) is 14.9. The van der Waals surface area contributed by atoms with Crippen LogP contribution >= 0.6 is 0 Å². The molecule has 0 aromatic heterocycles. The molecule has 1 N–H and O–H groups in total. The lowest BCUT2D eigenvalue weighted by molar-refractivity contribution is -0.137. The predicted octanol–water partition coefficient (Wildman–Crippen LogP) is 4.43. The molecule has 0 spiro atoms. The van der Waals surface area contributed by atoms with Gasteiger partial charge in [-0.15, -0.1) is 0 Å². The second-order valence-electron chi connectivity index (χ2n) is 9.01. The third kappa shape index (κ3) is 2.51. The van der Waals surface area contributed by atoms with E-state index in [9.17, 15) is 4.79 Å². The maximum absolute atomic E-state index is 13.1. The predicted molar refractivity (Wildman–Crippen MR) is 97.7 cm³/mol. The first-order valence-electron chi connectivity index (χ1n) is 9.54. The monoisotopic (exact) mass is 321 g/mol. The van der Waals surface area contributed by atoms with Gasteiger partial charge in [-0.1, -0.05) is 37.3 Å². The lowest BCUT2D eigenvalue weighted by Gasteiger charge is -2.62. The summed E-state index contributed by atoms with van der Waals surface area (Å²) in [6.07, 6.45) is 7.57. The second kappa shape index (κ2) is 5.64. The summed E-state index contributed by atoms with van der Waals surface area (Å²) < 4.78 is 0. The Bertz CT molecular complexity index is 589. The molecule has 0 heterocycles. The third-order valence-electron chi connectivity index (χ3n) is 7.26. The van der Waals surface area contributed by atoms with Crippen LogP contribution in [0, 0.1) is 23.2 Å². The van der Waals surface area contributed by atoms with Crippen molar-refractivity contribution in [3.8, 4) is 0 Å². The van der Waals surface area contributed by atoms with Gasteiger partial charge in [0.1, 0.15) is 0 Å². The summed E-state index contributed by atoms with van der Waals surface area (Å²) in [4.78, 5) is 13.1. The van der Waals surface area contributed by atoms with Crippen LogP contribution in [0.1, 0.15) is 64.0 Å². The van der Waals surface area contributed by atoms with Crippen LogP contribution in [-0.2, 0) is 4.79 Å². The molecule has 4 fully saturated rings. The van der Waals surface area contributed by atoms with Crippen LogP contribution in [0.5, 0.6) is 0 Å². The van der Waals surface area contributed by atoms with E-state index in [-0.39, 0.29) is 17.4 Å². The van der Waals surface area contributed by atoms with Gasteiger partial charge in [-0.05, 0) is 74.2 Å². The molecule has 2 nitrogen and oxygen atoms in total. The minimum Gasteiger partial charge on any atom is -0.350 e. The van der Waals surface area contributed by atoms with Crippen LogP contribution in [-0.4, -0.2) is 13.8 Å². The standard InChI is InChI=1S/C21H28BNO/c1-14(18-6-4-3-5-7-18)23-19(24)20(2,22)21-11-15-8-16(12-21)10-17(9-15)13-21/h3-7,14-17H,8-13H2,1-2H3,(H,23,24)/t14-,15?,16?,17?,20?,21?/m0/s1. The van der Waals surface area contributed by atoms with Gasteiger partial charge in [0.05, 0.1) is 13.9 Å². The summed E-state index contributed by atoms with van der Waals surface area (Å²) in [5, 5.41) is 2.43. The van der Waals surface area contributed by atoms with Gasteiger partial charge in [0, 0.05) is 5.31 Å². The smallest absolute Gasteiger partial charge is 0.218 e. The highest BCUT2D eigenvalue weighted by molar-refractivity contribution is 6.28. The van der Waals surface area contributed by atoms with E-state index in [2.05, 4.69) is 17.4 Å². The van der Waals surface area contributed by atoms with Crippen molar-refractivity contribution in [2.24, 2.45) is 23.2 Å². The Morgan fingerprint density at radius 3 is 2.12 bits per heavy atom. The minimum absolute atomic E-state index is 0.00418. The maximum atomic E-state index is 13.1. The molecule has 1 aromatic rings. The summed E-state index contributed by atoms with van der Waals surface area (Å²) in [6, 6.07) is 10.1. The van der Waals surface area contributed by atoms with Crippen LogP contribution in [0.2, 0.25) is 5.31 Å². The van der Waals surface area contributed by atoms with E-state index >= 15 is 0 Å². The summed E-state index contributed by atoms with van der Waals surface area (Å²) in [5.41, 5.74) is 1.15. The minimum atomic E-state index is -0.772. The molecule has 1 aromatic carbocycles. The number of carbonyl (C=O) groups excluding carboxylic acids is 1. The van der Waals surface area contributed by atoms with Crippen molar-refractivity contribution in [1.82, 2.24) is 5.32 Å². The molecular weight excluding hydrogens is 293 g/mol. The van der Waals surface area contributed by atoms with E-state index in [1.165, 1.54) is 19.3 Å². The number of hydrogen-bond donors (Lipinski definition) is 1. The molecule has 4 saturated carbocycles. The van der Waals surface area contributed by atoms with Gasteiger partial charge in [-0.2, -0.15) is 0 Å². The number of carbonyl (C=O) groups is 1. The van der Waals surface area contributed by atoms with Gasteiger partial charge >= 0.3 is 0 Å². The van der Waals surface area contributed by atoms with Gasteiger partial charge < -0.3 is 5.32 Å². The van der Waals surface area contributed by atoms with E-state index in [1.54, 1.807) is 0 Å². The van der Waals surface area contributed by atoms with Crippen LogP contribution in [0.3, 0.4) is 0 Å². The molecule has 4 aliphatic rings. The largest absolute Gasteiger partial charge is 0.350 e. The van der Waals surface area contributed by atoms with Crippen molar-refractivity contribution in [3.63, 3.8) is 0 Å². The van der Waals surface area contributed by atoms with Crippen molar-refractivity contribution in [2.75, 3.05) is 0 Å². The number of benzene rings is 1. The zero-order chi connectivity index (χ0) is 16.9. The molecule has 0 saturated heterocycles. The van der Waals surface area contributed by atoms with Crippen molar-refractivity contribution in [1.29, 1.82) is 0 Å². The molecule has 3 heteroatoms. The van der Waals surface area contributed by atoms with Crippen molar-refractivity contribution >= 4 is 13.8 Å². The lowest BCUT2D eigenvalue weighted by Crippen LogP contribution is -2.55. The normalized spacial score (nSPS) is 37.7. The van der Waals surface area contributed by atoms with Gasteiger partial charge in [0.2, 0.25) is 5.91 Å². The Labute approximate surface area is 147 Å². The molecule has 5 rings (SSSR count). The first-order valence-corrected chi connectivity index (χ1v) is 9.54. The molecule has 2 atom stereocenters. The Balaban J connectivity index is 1.53. The SMILES string of the molecule is [B]C(C)(C(=O)N[C@@H](C)c1ccccc1)C12CC3CC(CC(C3)C1)C2. The summed E-state index contributed by atoms with van der Waals surface area (Å²) in [5.74, 6) is 2.44. The van der Waals surface area contributed by atoms with Crippen LogP contribution in [0.15, 0.2) is 30.3 Å². The van der Waals surface area contributed by atoms with Crippen LogP contribution in [0.4, 0.5) is 0 Å². The quantitative estimate of drug-likeness (QED) is 0.817. The van der Waals surface area contributed by atoms with Gasteiger partial charge in [0.25, 0.3) is 0 Å².